The molecule has 3 aromatic heterocycles. The van der Waals surface area contributed by atoms with E-state index in [1.54, 1.807) is 24.1 Å². The van der Waals surface area contributed by atoms with Crippen LogP contribution in [0.2, 0.25) is 0 Å². The zero-order valence-corrected chi connectivity index (χ0v) is 21.8. The average molecular weight is 520 g/mol. The summed E-state index contributed by atoms with van der Waals surface area (Å²) in [6.45, 7) is 8.58. The van der Waals surface area contributed by atoms with Crippen molar-refractivity contribution in [3.63, 3.8) is 0 Å². The molecule has 1 unspecified atom stereocenters. The summed E-state index contributed by atoms with van der Waals surface area (Å²) in [7, 11) is 1.67. The van der Waals surface area contributed by atoms with Crippen molar-refractivity contribution in [2.24, 2.45) is 0 Å². The van der Waals surface area contributed by atoms with Crippen LogP contribution in [0.15, 0.2) is 42.8 Å². The molecule has 12 heteroatoms. The van der Waals surface area contributed by atoms with Crippen molar-refractivity contribution in [3.05, 3.63) is 48.6 Å². The molecule has 6 rings (SSSR count). The molecule has 0 amide bonds. The molecule has 2 N–H and O–H groups in total. The number of nitrogens with two attached hydrogens (primary N) is 1. The highest BCUT2D eigenvalue weighted by Crippen LogP contribution is 2.33. The molecule has 2 aliphatic heterocycles. The van der Waals surface area contributed by atoms with Gasteiger partial charge >= 0.3 is 0 Å². The van der Waals surface area contributed by atoms with E-state index < -0.39 is 5.60 Å². The van der Waals surface area contributed by atoms with Crippen LogP contribution in [0.1, 0.15) is 19.2 Å². The van der Waals surface area contributed by atoms with Gasteiger partial charge in [-0.1, -0.05) is 0 Å². The van der Waals surface area contributed by atoms with Crippen LogP contribution in [0.5, 0.6) is 5.75 Å². The lowest BCUT2D eigenvalue weighted by molar-refractivity contribution is 0.0522. The lowest BCUT2D eigenvalue weighted by Gasteiger charge is -2.36. The summed E-state index contributed by atoms with van der Waals surface area (Å²) in [4.78, 5) is 14.2. The van der Waals surface area contributed by atoms with E-state index in [1.165, 1.54) is 5.69 Å². The van der Waals surface area contributed by atoms with Crippen LogP contribution in [0.4, 0.5) is 11.6 Å². The smallest absolute Gasteiger partial charge is 0.225 e. The van der Waals surface area contributed by atoms with Crippen molar-refractivity contribution in [3.8, 4) is 5.75 Å². The van der Waals surface area contributed by atoms with Gasteiger partial charge in [-0.3, -0.25) is 4.90 Å². The van der Waals surface area contributed by atoms with Crippen molar-refractivity contribution in [1.29, 1.82) is 0 Å². The number of nitrogen functional groups attached to an aromatic ring is 1. The van der Waals surface area contributed by atoms with Gasteiger partial charge in [0.15, 0.2) is 22.7 Å². The standard InChI is InChI=1S/C26H33N9O3/c1-26(8-3-15-38-26)24-29-23-21-18-28-34(22(21)30-25(27)35(23)31-24)14-11-32-9-12-33(13-10-32)19-4-6-20(7-5-19)37-17-16-36-2/h3-7,15,18H,8-14,16-17H2,1-2H3,(H2,27,30). The molecule has 200 valence electrons. The Morgan fingerprint density at radius 2 is 1.84 bits per heavy atom. The van der Waals surface area contributed by atoms with Crippen LogP contribution in [0.25, 0.3) is 16.7 Å². The number of nitrogens with zero attached hydrogens (tertiary/aromatic N) is 8. The molecule has 12 nitrogen and oxygen atoms in total. The first-order chi connectivity index (χ1) is 18.5. The predicted octanol–water partition coefficient (Wildman–Crippen LogP) is 2.05. The molecule has 0 spiro atoms. The Hall–Kier alpha value is -3.90. The van der Waals surface area contributed by atoms with Gasteiger partial charge < -0.3 is 24.8 Å². The van der Waals surface area contributed by atoms with E-state index in [2.05, 4.69) is 37.1 Å². The number of aromatic nitrogens is 6. The normalized spacial score (nSPS) is 20.0. The van der Waals surface area contributed by atoms with Crippen molar-refractivity contribution in [1.82, 2.24) is 34.3 Å². The number of fused-ring (bicyclic) bond motifs is 3. The fourth-order valence-electron chi connectivity index (χ4n) is 4.97. The van der Waals surface area contributed by atoms with E-state index in [0.717, 1.165) is 49.5 Å². The Bertz CT molecular complexity index is 1430. The summed E-state index contributed by atoms with van der Waals surface area (Å²) in [5.74, 6) is 1.73. The van der Waals surface area contributed by atoms with Crippen LogP contribution in [0.3, 0.4) is 0 Å². The maximum Gasteiger partial charge on any atom is 0.225 e. The van der Waals surface area contributed by atoms with E-state index in [4.69, 9.17) is 24.9 Å². The van der Waals surface area contributed by atoms with Crippen LogP contribution in [-0.4, -0.2) is 87.3 Å². The van der Waals surface area contributed by atoms with Crippen LogP contribution < -0.4 is 15.4 Å². The molecule has 1 atom stereocenters. The summed E-state index contributed by atoms with van der Waals surface area (Å²) in [6.07, 6.45) is 6.17. The molecule has 1 aromatic carbocycles. The quantitative estimate of drug-likeness (QED) is 0.329. The van der Waals surface area contributed by atoms with E-state index in [1.807, 2.05) is 29.8 Å². The molecule has 0 aliphatic carbocycles. The molecular weight excluding hydrogens is 486 g/mol. The summed E-state index contributed by atoms with van der Waals surface area (Å²) >= 11 is 0. The highest BCUT2D eigenvalue weighted by Gasteiger charge is 2.35. The van der Waals surface area contributed by atoms with Crippen molar-refractivity contribution < 1.29 is 14.2 Å². The maximum absolute atomic E-state index is 6.28. The predicted molar refractivity (Wildman–Crippen MR) is 143 cm³/mol. The number of hydrogen-bond donors (Lipinski definition) is 1. The van der Waals surface area contributed by atoms with Gasteiger partial charge in [0.1, 0.15) is 12.4 Å². The summed E-state index contributed by atoms with van der Waals surface area (Å²) < 4.78 is 20.0. The first kappa shape index (κ1) is 24.4. The number of benzene rings is 1. The number of piperazine rings is 1. The lowest BCUT2D eigenvalue weighted by Crippen LogP contribution is -2.47. The SMILES string of the molecule is COCCOc1ccc(N2CCN(CCn3ncc4c3nc(N)n3nc(C5(C)CC=CO5)nc43)CC2)cc1. The van der Waals surface area contributed by atoms with Gasteiger partial charge in [-0.15, -0.1) is 5.10 Å². The van der Waals surface area contributed by atoms with Crippen LogP contribution in [-0.2, 0) is 21.6 Å². The Morgan fingerprint density at radius 3 is 2.58 bits per heavy atom. The fourth-order valence-corrected chi connectivity index (χ4v) is 4.97. The van der Waals surface area contributed by atoms with Gasteiger partial charge in [-0.05, 0) is 37.3 Å². The summed E-state index contributed by atoms with van der Waals surface area (Å²) in [6, 6.07) is 8.28. The van der Waals surface area contributed by atoms with Gasteiger partial charge in [0.2, 0.25) is 5.95 Å². The van der Waals surface area contributed by atoms with Gasteiger partial charge in [0.05, 0.1) is 31.0 Å². The monoisotopic (exact) mass is 519 g/mol. The van der Waals surface area contributed by atoms with Gasteiger partial charge in [0.25, 0.3) is 0 Å². The fraction of sp³-hybridized carbons (Fsp3) is 0.462. The minimum atomic E-state index is -0.594. The third-order valence-electron chi connectivity index (χ3n) is 7.26. The molecular formula is C26H33N9O3. The van der Waals surface area contributed by atoms with Crippen molar-refractivity contribution >= 4 is 28.3 Å². The first-order valence-corrected chi connectivity index (χ1v) is 12.9. The van der Waals surface area contributed by atoms with Crippen molar-refractivity contribution in [2.75, 3.05) is 63.7 Å². The van der Waals surface area contributed by atoms with E-state index >= 15 is 0 Å². The largest absolute Gasteiger partial charge is 0.491 e. The Morgan fingerprint density at radius 1 is 1.03 bits per heavy atom. The number of anilines is 2. The lowest BCUT2D eigenvalue weighted by atomic mass is 10.0. The zero-order valence-electron chi connectivity index (χ0n) is 21.8. The molecule has 4 aromatic rings. The van der Waals surface area contributed by atoms with E-state index in [9.17, 15) is 0 Å². The van der Waals surface area contributed by atoms with Gasteiger partial charge in [-0.2, -0.15) is 14.6 Å². The minimum Gasteiger partial charge on any atom is -0.491 e. The molecule has 38 heavy (non-hydrogen) atoms. The van der Waals surface area contributed by atoms with Crippen LogP contribution in [0, 0.1) is 0 Å². The number of rotatable bonds is 9. The van der Waals surface area contributed by atoms with E-state index in [-0.39, 0.29) is 5.95 Å². The number of ether oxygens (including phenoxy) is 3. The molecule has 0 saturated carbocycles. The third-order valence-corrected chi connectivity index (χ3v) is 7.26. The second-order valence-electron chi connectivity index (χ2n) is 9.83. The minimum absolute atomic E-state index is 0.284. The highest BCUT2D eigenvalue weighted by atomic mass is 16.5. The average Bonchev–Trinajstić information content (AvgIpc) is 3.68. The second-order valence-corrected chi connectivity index (χ2v) is 9.83. The Balaban J connectivity index is 1.08. The molecule has 2 aliphatic rings. The maximum atomic E-state index is 6.28. The highest BCUT2D eigenvalue weighted by molar-refractivity contribution is 5.89. The van der Waals surface area contributed by atoms with Crippen LogP contribution >= 0.6 is 0 Å². The summed E-state index contributed by atoms with van der Waals surface area (Å²) in [5, 5.41) is 10.0. The zero-order chi connectivity index (χ0) is 26.1. The Labute approximate surface area is 220 Å². The molecule has 1 fully saturated rings. The van der Waals surface area contributed by atoms with E-state index in [0.29, 0.717) is 37.7 Å². The third kappa shape index (κ3) is 4.61. The molecule has 0 radical (unpaired) electrons. The van der Waals surface area contributed by atoms with Gasteiger partial charge in [0, 0.05) is 51.9 Å². The summed E-state index contributed by atoms with van der Waals surface area (Å²) in [5.41, 5.74) is 8.26. The number of methoxy groups -OCH3 is 1. The Kier molecular flexibility index (Phi) is 6.50. The van der Waals surface area contributed by atoms with Gasteiger partial charge in [-0.25, -0.2) is 9.67 Å². The topological polar surface area (TPSA) is 121 Å². The molecule has 1 saturated heterocycles. The molecule has 5 heterocycles. The first-order valence-electron chi connectivity index (χ1n) is 12.9. The van der Waals surface area contributed by atoms with Crippen molar-refractivity contribution in [2.45, 2.75) is 25.5 Å². The number of hydrogen-bond acceptors (Lipinski definition) is 10. The molecule has 0 bridgehead atoms. The second kappa shape index (κ2) is 10.1.